The highest BCUT2D eigenvalue weighted by Crippen LogP contribution is 2.35. The number of hydrogen-bond donors (Lipinski definition) is 1. The van der Waals surface area contributed by atoms with Gasteiger partial charge in [0.1, 0.15) is 0 Å². The quantitative estimate of drug-likeness (QED) is 0.397. The summed E-state index contributed by atoms with van der Waals surface area (Å²) < 4.78 is 41.1. The highest BCUT2D eigenvalue weighted by Gasteiger charge is 2.30. The second-order valence-electron chi connectivity index (χ2n) is 7.73. The average Bonchev–Trinajstić information content (AvgIpc) is 3.30. The number of anilines is 2. The third kappa shape index (κ3) is 4.68. The molecule has 0 saturated carbocycles. The van der Waals surface area contributed by atoms with Crippen molar-refractivity contribution < 1.29 is 22.8 Å². The van der Waals surface area contributed by atoms with E-state index in [2.05, 4.69) is 15.3 Å². The summed E-state index contributed by atoms with van der Waals surface area (Å²) in [6.45, 7) is 0. The fourth-order valence-corrected chi connectivity index (χ4v) is 4.22. The Balaban J connectivity index is 1.57. The van der Waals surface area contributed by atoms with Gasteiger partial charge in [0, 0.05) is 39.5 Å². The summed E-state index contributed by atoms with van der Waals surface area (Å²) in [5.74, 6) is 0.165. The molecule has 1 amide bonds. The minimum absolute atomic E-state index is 0.103. The van der Waals surface area contributed by atoms with Gasteiger partial charge >= 0.3 is 6.18 Å². The number of thiazole rings is 1. The van der Waals surface area contributed by atoms with Crippen molar-refractivity contribution in [1.29, 1.82) is 0 Å². The molecule has 2 heterocycles. The first-order valence-electron chi connectivity index (χ1n) is 9.97. The molecule has 4 rings (SSSR count). The maximum absolute atomic E-state index is 13.0. The lowest BCUT2D eigenvalue weighted by atomic mass is 10.1. The maximum atomic E-state index is 13.0. The molecule has 2 aromatic carbocycles. The predicted molar refractivity (Wildman–Crippen MR) is 121 cm³/mol. The number of ketones is 1. The standard InChI is InChI=1S/C22H20F3N5O2S/c1-29(2)19(32)9-8-17(31)12-4-7-16-15(10-12)26-20(30(16)3)28-21-27-14-6-5-13(22(23,24)25)11-18(14)33-21/h4-7,10-11H,8-9H2,1-3H3,(H,26,27,28). The van der Waals surface area contributed by atoms with Gasteiger partial charge in [-0.3, -0.25) is 9.59 Å². The van der Waals surface area contributed by atoms with E-state index in [0.717, 1.165) is 29.0 Å². The lowest BCUT2D eigenvalue weighted by Gasteiger charge is -2.09. The number of hydrogen-bond acceptors (Lipinski definition) is 6. The summed E-state index contributed by atoms with van der Waals surface area (Å²) in [5.41, 5.74) is 1.52. The first-order chi connectivity index (χ1) is 15.5. The number of carbonyl (C=O) groups is 2. The zero-order valence-electron chi connectivity index (χ0n) is 18.0. The van der Waals surface area contributed by atoms with E-state index in [1.807, 2.05) is 0 Å². The van der Waals surface area contributed by atoms with Gasteiger partial charge in [0.2, 0.25) is 11.9 Å². The molecule has 4 aromatic rings. The number of amides is 1. The summed E-state index contributed by atoms with van der Waals surface area (Å²) in [6, 6.07) is 8.54. The van der Waals surface area contributed by atoms with Crippen LogP contribution in [0.1, 0.15) is 28.8 Å². The number of Topliss-reactive ketones (excluding diaryl/α,β-unsaturated/α-hetero) is 1. The van der Waals surface area contributed by atoms with Crippen LogP contribution in [0.5, 0.6) is 0 Å². The smallest absolute Gasteiger partial charge is 0.349 e. The molecule has 0 unspecified atom stereocenters. The summed E-state index contributed by atoms with van der Waals surface area (Å²) in [7, 11) is 5.06. The number of aryl methyl sites for hydroxylation is 1. The molecule has 0 fully saturated rings. The normalized spacial score (nSPS) is 11.8. The molecule has 0 saturated heterocycles. The van der Waals surface area contributed by atoms with E-state index >= 15 is 0 Å². The predicted octanol–water partition coefficient (Wildman–Crippen LogP) is 5.00. The monoisotopic (exact) mass is 475 g/mol. The summed E-state index contributed by atoms with van der Waals surface area (Å²) in [4.78, 5) is 34.5. The van der Waals surface area contributed by atoms with E-state index in [1.165, 1.54) is 11.0 Å². The Morgan fingerprint density at radius 2 is 1.82 bits per heavy atom. The van der Waals surface area contributed by atoms with Crippen LogP contribution in [0.4, 0.5) is 24.3 Å². The van der Waals surface area contributed by atoms with Crippen molar-refractivity contribution in [2.75, 3.05) is 19.4 Å². The van der Waals surface area contributed by atoms with Crippen molar-refractivity contribution >= 4 is 55.4 Å². The lowest BCUT2D eigenvalue weighted by Crippen LogP contribution is -2.22. The summed E-state index contributed by atoms with van der Waals surface area (Å²) in [5, 5.41) is 3.46. The molecule has 0 spiro atoms. The van der Waals surface area contributed by atoms with Crippen LogP contribution in [0.3, 0.4) is 0 Å². The molecule has 0 bridgehead atoms. The molecule has 172 valence electrons. The van der Waals surface area contributed by atoms with E-state index in [4.69, 9.17) is 0 Å². The number of halogens is 3. The number of imidazole rings is 1. The van der Waals surface area contributed by atoms with Crippen LogP contribution in [-0.4, -0.2) is 45.2 Å². The molecule has 7 nitrogen and oxygen atoms in total. The van der Waals surface area contributed by atoms with Gasteiger partial charge in [0.05, 0.1) is 26.8 Å². The molecule has 11 heteroatoms. The zero-order valence-corrected chi connectivity index (χ0v) is 18.8. The second-order valence-corrected chi connectivity index (χ2v) is 8.76. The third-order valence-electron chi connectivity index (χ3n) is 5.20. The van der Waals surface area contributed by atoms with Gasteiger partial charge in [-0.25, -0.2) is 9.97 Å². The van der Waals surface area contributed by atoms with Crippen LogP contribution < -0.4 is 5.32 Å². The van der Waals surface area contributed by atoms with Crippen molar-refractivity contribution in [3.8, 4) is 0 Å². The van der Waals surface area contributed by atoms with Crippen molar-refractivity contribution in [1.82, 2.24) is 19.4 Å². The molecule has 1 N–H and O–H groups in total. The highest BCUT2D eigenvalue weighted by atomic mass is 32.1. The van der Waals surface area contributed by atoms with Crippen molar-refractivity contribution in [3.05, 3.63) is 47.5 Å². The third-order valence-corrected chi connectivity index (χ3v) is 6.14. The van der Waals surface area contributed by atoms with Gasteiger partial charge in [-0.05, 0) is 36.4 Å². The molecule has 0 aliphatic rings. The van der Waals surface area contributed by atoms with Crippen molar-refractivity contribution in [2.24, 2.45) is 7.05 Å². The number of nitrogens with zero attached hydrogens (tertiary/aromatic N) is 4. The zero-order chi connectivity index (χ0) is 23.9. The number of rotatable bonds is 6. The fourth-order valence-electron chi connectivity index (χ4n) is 3.32. The van der Waals surface area contributed by atoms with E-state index in [1.54, 1.807) is 43.9 Å². The molecular weight excluding hydrogens is 455 g/mol. The SMILES string of the molecule is CN(C)C(=O)CCC(=O)c1ccc2c(c1)nc(Nc1nc3ccc(C(F)(F)F)cc3s1)n2C. The van der Waals surface area contributed by atoms with E-state index < -0.39 is 11.7 Å². The van der Waals surface area contributed by atoms with Gasteiger partial charge < -0.3 is 14.8 Å². The van der Waals surface area contributed by atoms with Crippen LogP contribution >= 0.6 is 11.3 Å². The molecular formula is C22H20F3N5O2S. The Kier molecular flexibility index (Phi) is 5.83. The van der Waals surface area contributed by atoms with E-state index in [-0.39, 0.29) is 24.5 Å². The van der Waals surface area contributed by atoms with Crippen LogP contribution in [-0.2, 0) is 18.0 Å². The van der Waals surface area contributed by atoms with Gasteiger partial charge in [-0.1, -0.05) is 11.3 Å². The maximum Gasteiger partial charge on any atom is 0.416 e. The number of nitrogens with one attached hydrogen (secondary N) is 1. The highest BCUT2D eigenvalue weighted by molar-refractivity contribution is 7.22. The molecule has 0 atom stereocenters. The van der Waals surface area contributed by atoms with Gasteiger partial charge in [-0.2, -0.15) is 13.2 Å². The van der Waals surface area contributed by atoms with Gasteiger partial charge in [0.15, 0.2) is 10.9 Å². The van der Waals surface area contributed by atoms with Gasteiger partial charge in [-0.15, -0.1) is 0 Å². The number of fused-ring (bicyclic) bond motifs is 2. The van der Waals surface area contributed by atoms with Crippen LogP contribution in [0.2, 0.25) is 0 Å². The van der Waals surface area contributed by atoms with E-state index in [0.29, 0.717) is 32.4 Å². The van der Waals surface area contributed by atoms with E-state index in [9.17, 15) is 22.8 Å². The largest absolute Gasteiger partial charge is 0.416 e. The minimum atomic E-state index is -4.42. The first kappa shape index (κ1) is 22.7. The van der Waals surface area contributed by atoms with Crippen LogP contribution in [0.15, 0.2) is 36.4 Å². The van der Waals surface area contributed by atoms with Gasteiger partial charge in [0.25, 0.3) is 0 Å². The molecule has 0 aliphatic carbocycles. The number of alkyl halides is 3. The van der Waals surface area contributed by atoms with Crippen molar-refractivity contribution in [3.63, 3.8) is 0 Å². The molecule has 2 aromatic heterocycles. The minimum Gasteiger partial charge on any atom is -0.349 e. The molecule has 33 heavy (non-hydrogen) atoms. The number of aromatic nitrogens is 3. The number of carbonyl (C=O) groups excluding carboxylic acids is 2. The van der Waals surface area contributed by atoms with Crippen LogP contribution in [0, 0.1) is 0 Å². The Morgan fingerprint density at radius 3 is 2.52 bits per heavy atom. The Morgan fingerprint density at radius 1 is 1.06 bits per heavy atom. The lowest BCUT2D eigenvalue weighted by molar-refractivity contribution is -0.137. The Hall–Kier alpha value is -3.47. The summed E-state index contributed by atoms with van der Waals surface area (Å²) >= 11 is 1.10. The fraction of sp³-hybridized carbons (Fsp3) is 0.273. The van der Waals surface area contributed by atoms with Crippen LogP contribution in [0.25, 0.3) is 21.3 Å². The molecule has 0 radical (unpaired) electrons. The number of benzene rings is 2. The van der Waals surface area contributed by atoms with Crippen molar-refractivity contribution in [2.45, 2.75) is 19.0 Å². The second kappa shape index (κ2) is 8.47. The first-order valence-corrected chi connectivity index (χ1v) is 10.8. The Labute approximate surface area is 190 Å². The topological polar surface area (TPSA) is 80.1 Å². The Bertz CT molecular complexity index is 1370. The summed E-state index contributed by atoms with van der Waals surface area (Å²) in [6.07, 6.45) is -4.18. The molecule has 0 aliphatic heterocycles. The average molecular weight is 475 g/mol.